The van der Waals surface area contributed by atoms with E-state index in [2.05, 4.69) is 5.43 Å². The van der Waals surface area contributed by atoms with E-state index in [4.69, 9.17) is 26.9 Å². The molecule has 0 aliphatic carbocycles. The van der Waals surface area contributed by atoms with E-state index >= 15 is 0 Å². The Balaban J connectivity index is 1.93. The Morgan fingerprint density at radius 3 is 2.33 bits per heavy atom. The predicted octanol–water partition coefficient (Wildman–Crippen LogP) is 3.05. The second-order valence-electron chi connectivity index (χ2n) is 4.91. The van der Waals surface area contributed by atoms with Crippen molar-refractivity contribution in [2.75, 3.05) is 13.2 Å². The Labute approximate surface area is 128 Å². The molecular weight excluding hydrogens is 288 g/mol. The molecular formula is C16H17ClN2O2. The van der Waals surface area contributed by atoms with Gasteiger partial charge in [-0.25, -0.2) is 5.43 Å². The number of benzene rings is 2. The van der Waals surface area contributed by atoms with Crippen LogP contribution in [0.5, 0.6) is 11.5 Å². The quantitative estimate of drug-likeness (QED) is 0.676. The molecule has 1 aliphatic heterocycles. The van der Waals surface area contributed by atoms with Crippen molar-refractivity contribution in [3.05, 3.63) is 58.6 Å². The summed E-state index contributed by atoms with van der Waals surface area (Å²) in [5, 5.41) is 0.702. The molecule has 2 aromatic rings. The molecule has 0 radical (unpaired) electrons. The highest BCUT2D eigenvalue weighted by Gasteiger charge is 2.17. The smallest absolute Gasteiger partial charge is 0.161 e. The number of rotatable bonds is 3. The lowest BCUT2D eigenvalue weighted by Crippen LogP contribution is -2.28. The summed E-state index contributed by atoms with van der Waals surface area (Å²) in [5.74, 6) is 7.27. The predicted molar refractivity (Wildman–Crippen MR) is 82.7 cm³/mol. The van der Waals surface area contributed by atoms with Crippen molar-refractivity contribution in [3.63, 3.8) is 0 Å². The molecule has 1 heterocycles. The van der Waals surface area contributed by atoms with Crippen LogP contribution in [0.3, 0.4) is 0 Å². The first kappa shape index (κ1) is 14.2. The Morgan fingerprint density at radius 1 is 0.952 bits per heavy atom. The lowest BCUT2D eigenvalue weighted by atomic mass is 9.99. The lowest BCUT2D eigenvalue weighted by molar-refractivity contribution is 0.297. The highest BCUT2D eigenvalue weighted by Crippen LogP contribution is 2.34. The molecule has 0 saturated heterocycles. The number of hydrazine groups is 1. The van der Waals surface area contributed by atoms with Gasteiger partial charge < -0.3 is 9.47 Å². The third-order valence-electron chi connectivity index (χ3n) is 3.47. The fourth-order valence-electron chi connectivity index (χ4n) is 2.40. The first-order chi connectivity index (χ1) is 10.3. The highest BCUT2D eigenvalue weighted by atomic mass is 35.5. The Bertz CT molecular complexity index is 616. The second kappa shape index (κ2) is 6.35. The number of fused-ring (bicyclic) bond motifs is 1. The van der Waals surface area contributed by atoms with Crippen LogP contribution in [0.1, 0.15) is 23.6 Å². The molecule has 4 nitrogen and oxygen atoms in total. The summed E-state index contributed by atoms with van der Waals surface area (Å²) in [6.07, 6.45) is 0.889. The maximum atomic E-state index is 5.93. The van der Waals surface area contributed by atoms with Gasteiger partial charge in [-0.3, -0.25) is 5.84 Å². The van der Waals surface area contributed by atoms with E-state index in [0.717, 1.165) is 29.0 Å². The number of nitrogens with two attached hydrogens (primary N) is 1. The summed E-state index contributed by atoms with van der Waals surface area (Å²) in [4.78, 5) is 0. The van der Waals surface area contributed by atoms with Crippen molar-refractivity contribution in [2.45, 2.75) is 12.5 Å². The second-order valence-corrected chi connectivity index (χ2v) is 5.34. The molecule has 3 rings (SSSR count). The van der Waals surface area contributed by atoms with E-state index in [1.54, 1.807) is 0 Å². The summed E-state index contributed by atoms with van der Waals surface area (Å²) in [5.41, 5.74) is 4.89. The van der Waals surface area contributed by atoms with Crippen LogP contribution in [0, 0.1) is 0 Å². The summed E-state index contributed by atoms with van der Waals surface area (Å²) < 4.78 is 11.4. The standard InChI is InChI=1S/C16H17ClN2O2/c17-13-5-2-11(3-6-13)16(19-18)12-4-7-14-15(10-12)21-9-1-8-20-14/h2-7,10,16,19H,1,8-9,18H2. The van der Waals surface area contributed by atoms with Gasteiger partial charge in [0, 0.05) is 11.4 Å². The van der Waals surface area contributed by atoms with Gasteiger partial charge in [0.25, 0.3) is 0 Å². The number of ether oxygens (including phenoxy) is 2. The van der Waals surface area contributed by atoms with Crippen LogP contribution in [0.25, 0.3) is 0 Å². The zero-order valence-corrected chi connectivity index (χ0v) is 12.3. The minimum absolute atomic E-state index is 0.126. The van der Waals surface area contributed by atoms with E-state index < -0.39 is 0 Å². The van der Waals surface area contributed by atoms with Gasteiger partial charge in [-0.05, 0) is 35.4 Å². The molecule has 3 N–H and O–H groups in total. The third kappa shape index (κ3) is 3.13. The summed E-state index contributed by atoms with van der Waals surface area (Å²) >= 11 is 5.93. The number of nitrogens with one attached hydrogen (secondary N) is 1. The van der Waals surface area contributed by atoms with E-state index in [-0.39, 0.29) is 6.04 Å². The summed E-state index contributed by atoms with van der Waals surface area (Å²) in [7, 11) is 0. The molecule has 1 atom stereocenters. The first-order valence-electron chi connectivity index (χ1n) is 6.89. The van der Waals surface area contributed by atoms with E-state index in [9.17, 15) is 0 Å². The van der Waals surface area contributed by atoms with Crippen LogP contribution < -0.4 is 20.7 Å². The van der Waals surface area contributed by atoms with E-state index in [1.165, 1.54) is 0 Å². The van der Waals surface area contributed by atoms with Crippen LogP contribution in [0.15, 0.2) is 42.5 Å². The van der Waals surface area contributed by atoms with Crippen LogP contribution in [-0.2, 0) is 0 Å². The molecule has 0 spiro atoms. The molecule has 1 unspecified atom stereocenters. The highest BCUT2D eigenvalue weighted by molar-refractivity contribution is 6.30. The topological polar surface area (TPSA) is 56.5 Å². The molecule has 0 saturated carbocycles. The fraction of sp³-hybridized carbons (Fsp3) is 0.250. The van der Waals surface area contributed by atoms with Gasteiger partial charge in [-0.15, -0.1) is 0 Å². The Kier molecular flexibility index (Phi) is 4.29. The molecule has 0 amide bonds. The molecule has 21 heavy (non-hydrogen) atoms. The van der Waals surface area contributed by atoms with Gasteiger partial charge in [0.05, 0.1) is 19.3 Å². The van der Waals surface area contributed by atoms with Crippen molar-refractivity contribution in [1.29, 1.82) is 0 Å². The van der Waals surface area contributed by atoms with Crippen LogP contribution in [0.4, 0.5) is 0 Å². The van der Waals surface area contributed by atoms with Crippen molar-refractivity contribution < 1.29 is 9.47 Å². The SMILES string of the molecule is NNC(c1ccc(Cl)cc1)c1ccc2c(c1)OCCCO2. The molecule has 0 bridgehead atoms. The average molecular weight is 305 g/mol. The Hall–Kier alpha value is -1.75. The zero-order chi connectivity index (χ0) is 14.7. The van der Waals surface area contributed by atoms with Crippen molar-refractivity contribution in [2.24, 2.45) is 5.84 Å². The summed E-state index contributed by atoms with van der Waals surface area (Å²) in [6.45, 7) is 1.35. The molecule has 2 aromatic carbocycles. The monoisotopic (exact) mass is 304 g/mol. The van der Waals surface area contributed by atoms with Crippen molar-refractivity contribution in [3.8, 4) is 11.5 Å². The van der Waals surface area contributed by atoms with Gasteiger partial charge in [0.15, 0.2) is 11.5 Å². The number of hydrogen-bond acceptors (Lipinski definition) is 4. The van der Waals surface area contributed by atoms with Crippen LogP contribution >= 0.6 is 11.6 Å². The van der Waals surface area contributed by atoms with Gasteiger partial charge in [0.2, 0.25) is 0 Å². The number of halogens is 1. The van der Waals surface area contributed by atoms with Crippen LogP contribution in [-0.4, -0.2) is 13.2 Å². The Morgan fingerprint density at radius 2 is 1.62 bits per heavy atom. The maximum Gasteiger partial charge on any atom is 0.161 e. The molecule has 1 aliphatic rings. The fourth-order valence-corrected chi connectivity index (χ4v) is 2.53. The normalized spacial score (nSPS) is 15.3. The number of hydrogen-bond donors (Lipinski definition) is 2. The minimum atomic E-state index is -0.126. The van der Waals surface area contributed by atoms with Gasteiger partial charge in [-0.1, -0.05) is 29.8 Å². The van der Waals surface area contributed by atoms with Crippen molar-refractivity contribution >= 4 is 11.6 Å². The van der Waals surface area contributed by atoms with E-state index in [1.807, 2.05) is 42.5 Å². The largest absolute Gasteiger partial charge is 0.490 e. The lowest BCUT2D eigenvalue weighted by Gasteiger charge is -2.18. The van der Waals surface area contributed by atoms with Crippen molar-refractivity contribution in [1.82, 2.24) is 5.43 Å². The minimum Gasteiger partial charge on any atom is -0.490 e. The van der Waals surface area contributed by atoms with Crippen LogP contribution in [0.2, 0.25) is 5.02 Å². The maximum absolute atomic E-state index is 5.93. The molecule has 0 fully saturated rings. The molecule has 0 aromatic heterocycles. The summed E-state index contributed by atoms with van der Waals surface area (Å²) in [6, 6.07) is 13.4. The van der Waals surface area contributed by atoms with E-state index in [0.29, 0.717) is 18.2 Å². The zero-order valence-electron chi connectivity index (χ0n) is 11.5. The third-order valence-corrected chi connectivity index (χ3v) is 3.73. The van der Waals surface area contributed by atoms with Gasteiger partial charge >= 0.3 is 0 Å². The van der Waals surface area contributed by atoms with Gasteiger partial charge in [0.1, 0.15) is 0 Å². The molecule has 5 heteroatoms. The first-order valence-corrected chi connectivity index (χ1v) is 7.27. The van der Waals surface area contributed by atoms with Gasteiger partial charge in [-0.2, -0.15) is 0 Å². The average Bonchev–Trinajstić information content (AvgIpc) is 2.75. The molecule has 110 valence electrons.